The Balaban J connectivity index is 2.86. The fourth-order valence-electron chi connectivity index (χ4n) is 2.26. The van der Waals surface area contributed by atoms with Crippen LogP contribution in [0, 0.1) is 16.7 Å². The van der Waals surface area contributed by atoms with Gasteiger partial charge in [-0.25, -0.2) is 0 Å². The molecule has 0 aliphatic heterocycles. The molecule has 0 atom stereocenters. The largest absolute Gasteiger partial charge is 0.193 e. The molecule has 1 aliphatic carbocycles. The zero-order valence-corrected chi connectivity index (χ0v) is 9.88. The van der Waals surface area contributed by atoms with Crippen molar-refractivity contribution >= 4 is 0 Å². The summed E-state index contributed by atoms with van der Waals surface area (Å²) in [5, 5.41) is 8.38. The van der Waals surface area contributed by atoms with Gasteiger partial charge in [0, 0.05) is 6.08 Å². The van der Waals surface area contributed by atoms with E-state index in [1.54, 1.807) is 6.08 Å². The van der Waals surface area contributed by atoms with Crippen LogP contribution in [0.5, 0.6) is 0 Å². The zero-order valence-electron chi connectivity index (χ0n) is 9.88. The van der Waals surface area contributed by atoms with E-state index in [2.05, 4.69) is 26.8 Å². The number of hydrogen-bond acceptors (Lipinski definition) is 1. The van der Waals surface area contributed by atoms with Gasteiger partial charge in [-0.05, 0) is 37.2 Å². The van der Waals surface area contributed by atoms with E-state index in [1.807, 2.05) is 12.1 Å². The molecule has 0 heterocycles. The second-order valence-corrected chi connectivity index (χ2v) is 4.78. The van der Waals surface area contributed by atoms with Gasteiger partial charge < -0.3 is 0 Å². The van der Waals surface area contributed by atoms with Crippen molar-refractivity contribution in [2.75, 3.05) is 0 Å². The summed E-state index contributed by atoms with van der Waals surface area (Å²) < 4.78 is 0. The van der Waals surface area contributed by atoms with Gasteiger partial charge in [0.15, 0.2) is 0 Å². The summed E-state index contributed by atoms with van der Waals surface area (Å²) in [6.45, 7) is 6.81. The molecule has 0 saturated carbocycles. The lowest BCUT2D eigenvalue weighted by atomic mass is 9.73. The van der Waals surface area contributed by atoms with Gasteiger partial charge in [0.05, 0.1) is 6.07 Å². The average molecular weight is 201 g/mol. The van der Waals surface area contributed by atoms with Gasteiger partial charge in [0.25, 0.3) is 0 Å². The van der Waals surface area contributed by atoms with Crippen LogP contribution in [0.2, 0.25) is 0 Å². The van der Waals surface area contributed by atoms with E-state index in [1.165, 1.54) is 36.5 Å². The molecule has 15 heavy (non-hydrogen) atoms. The maximum absolute atomic E-state index is 8.38. The second-order valence-electron chi connectivity index (χ2n) is 4.78. The Kier molecular flexibility index (Phi) is 3.91. The van der Waals surface area contributed by atoms with Crippen molar-refractivity contribution in [3.63, 3.8) is 0 Å². The van der Waals surface area contributed by atoms with Gasteiger partial charge in [-0.1, -0.05) is 37.6 Å². The molecule has 0 aromatic heterocycles. The standard InChI is InChI=1S/C14H19N/c1-12-8-7-10-14(2,3)13(12)9-5-4-6-11-15/h4-6,9H,7-8,10H2,1-3H3/b6-4+,9-5+. The highest BCUT2D eigenvalue weighted by Crippen LogP contribution is 2.40. The van der Waals surface area contributed by atoms with Gasteiger partial charge in [0.2, 0.25) is 0 Å². The van der Waals surface area contributed by atoms with E-state index in [0.29, 0.717) is 5.41 Å². The Labute approximate surface area is 92.8 Å². The molecule has 0 saturated heterocycles. The Hall–Kier alpha value is -1.29. The lowest BCUT2D eigenvalue weighted by Crippen LogP contribution is -2.18. The third kappa shape index (κ3) is 3.09. The molecule has 0 radical (unpaired) electrons. The van der Waals surface area contributed by atoms with Crippen molar-refractivity contribution in [3.05, 3.63) is 35.5 Å². The number of nitrogens with zero attached hydrogens (tertiary/aromatic N) is 1. The molecule has 0 spiro atoms. The highest BCUT2D eigenvalue weighted by atomic mass is 14.3. The minimum absolute atomic E-state index is 0.291. The molecule has 1 rings (SSSR count). The molecule has 80 valence electrons. The summed E-state index contributed by atoms with van der Waals surface area (Å²) in [4.78, 5) is 0. The first kappa shape index (κ1) is 11.8. The van der Waals surface area contributed by atoms with Crippen LogP contribution in [-0.4, -0.2) is 0 Å². The van der Waals surface area contributed by atoms with E-state index < -0.39 is 0 Å². The van der Waals surface area contributed by atoms with E-state index in [-0.39, 0.29) is 0 Å². The Morgan fingerprint density at radius 1 is 1.33 bits per heavy atom. The van der Waals surface area contributed by atoms with Gasteiger partial charge in [-0.3, -0.25) is 0 Å². The lowest BCUT2D eigenvalue weighted by molar-refractivity contribution is 0.377. The average Bonchev–Trinajstić information content (AvgIpc) is 2.15. The van der Waals surface area contributed by atoms with Crippen LogP contribution >= 0.6 is 0 Å². The number of hydrogen-bond donors (Lipinski definition) is 0. The third-order valence-electron chi connectivity index (χ3n) is 3.09. The minimum Gasteiger partial charge on any atom is -0.193 e. The second kappa shape index (κ2) is 4.98. The molecule has 1 aliphatic rings. The van der Waals surface area contributed by atoms with E-state index >= 15 is 0 Å². The first-order valence-electron chi connectivity index (χ1n) is 5.51. The van der Waals surface area contributed by atoms with Gasteiger partial charge in [-0.15, -0.1) is 0 Å². The van der Waals surface area contributed by atoms with Crippen LogP contribution in [0.3, 0.4) is 0 Å². The molecule has 0 N–H and O–H groups in total. The van der Waals surface area contributed by atoms with Crippen molar-refractivity contribution in [1.82, 2.24) is 0 Å². The molecule has 0 fully saturated rings. The fourth-order valence-corrected chi connectivity index (χ4v) is 2.26. The number of nitriles is 1. The Morgan fingerprint density at radius 3 is 2.67 bits per heavy atom. The summed E-state index contributed by atoms with van der Waals surface area (Å²) in [6, 6.07) is 1.99. The zero-order chi connectivity index (χ0) is 11.3. The molecule has 1 nitrogen and oxygen atoms in total. The van der Waals surface area contributed by atoms with E-state index in [0.717, 1.165) is 0 Å². The van der Waals surface area contributed by atoms with Crippen LogP contribution in [0.4, 0.5) is 0 Å². The van der Waals surface area contributed by atoms with Crippen LogP contribution in [0.15, 0.2) is 35.5 Å². The van der Waals surface area contributed by atoms with E-state index in [9.17, 15) is 0 Å². The molecular formula is C14H19N. The highest BCUT2D eigenvalue weighted by Gasteiger charge is 2.26. The normalized spacial score (nSPS) is 21.2. The molecule has 0 bridgehead atoms. The first-order chi connectivity index (χ1) is 7.08. The molecule has 0 aromatic carbocycles. The first-order valence-corrected chi connectivity index (χ1v) is 5.51. The third-order valence-corrected chi connectivity index (χ3v) is 3.09. The maximum atomic E-state index is 8.38. The molecule has 1 heteroatoms. The van der Waals surface area contributed by atoms with Crippen molar-refractivity contribution in [2.45, 2.75) is 40.0 Å². The monoisotopic (exact) mass is 201 g/mol. The van der Waals surface area contributed by atoms with Gasteiger partial charge >= 0.3 is 0 Å². The Morgan fingerprint density at radius 2 is 2.07 bits per heavy atom. The number of allylic oxidation sites excluding steroid dienone is 6. The summed E-state index contributed by atoms with van der Waals surface area (Å²) >= 11 is 0. The van der Waals surface area contributed by atoms with Crippen LogP contribution in [-0.2, 0) is 0 Å². The van der Waals surface area contributed by atoms with Gasteiger partial charge in [-0.2, -0.15) is 5.26 Å². The maximum Gasteiger partial charge on any atom is 0.0912 e. The number of rotatable bonds is 2. The Bertz CT molecular complexity index is 348. The minimum atomic E-state index is 0.291. The molecular weight excluding hydrogens is 182 g/mol. The summed E-state index contributed by atoms with van der Waals surface area (Å²) in [7, 11) is 0. The quantitative estimate of drug-likeness (QED) is 0.486. The smallest absolute Gasteiger partial charge is 0.0912 e. The predicted molar refractivity (Wildman–Crippen MR) is 64.2 cm³/mol. The van der Waals surface area contributed by atoms with Crippen molar-refractivity contribution in [2.24, 2.45) is 5.41 Å². The van der Waals surface area contributed by atoms with Crippen LogP contribution in [0.1, 0.15) is 40.0 Å². The van der Waals surface area contributed by atoms with Crippen LogP contribution < -0.4 is 0 Å². The van der Waals surface area contributed by atoms with E-state index in [4.69, 9.17) is 5.26 Å². The summed E-state index contributed by atoms with van der Waals surface area (Å²) in [6.07, 6.45) is 11.2. The van der Waals surface area contributed by atoms with Crippen molar-refractivity contribution < 1.29 is 0 Å². The SMILES string of the molecule is CC1=C(/C=C/C=C/C#N)C(C)(C)CCC1. The fraction of sp³-hybridized carbons (Fsp3) is 0.500. The van der Waals surface area contributed by atoms with Crippen molar-refractivity contribution in [3.8, 4) is 6.07 Å². The van der Waals surface area contributed by atoms with Gasteiger partial charge in [0.1, 0.15) is 0 Å². The molecule has 0 aromatic rings. The summed E-state index contributed by atoms with van der Waals surface area (Å²) in [5.74, 6) is 0. The van der Waals surface area contributed by atoms with Crippen molar-refractivity contribution in [1.29, 1.82) is 5.26 Å². The lowest BCUT2D eigenvalue weighted by Gasteiger charge is -2.32. The predicted octanol–water partition coefficient (Wildman–Crippen LogP) is 4.15. The topological polar surface area (TPSA) is 23.8 Å². The van der Waals surface area contributed by atoms with Crippen LogP contribution in [0.25, 0.3) is 0 Å². The molecule has 0 amide bonds. The highest BCUT2D eigenvalue weighted by molar-refractivity contribution is 5.34. The summed E-state index contributed by atoms with van der Waals surface area (Å²) in [5.41, 5.74) is 3.23. The molecule has 0 unspecified atom stereocenters.